The number of hydrogen-bond acceptors (Lipinski definition) is 7. The minimum Gasteiger partial charge on any atom is -0.405 e. The van der Waals surface area contributed by atoms with Crippen LogP contribution in [0, 0.1) is 0 Å². The molecule has 7 nitrogen and oxygen atoms in total. The van der Waals surface area contributed by atoms with Gasteiger partial charge in [-0.15, -0.1) is 0 Å². The lowest BCUT2D eigenvalue weighted by atomic mass is 9.98. The van der Waals surface area contributed by atoms with Crippen LogP contribution in [0.3, 0.4) is 0 Å². The molecule has 1 saturated heterocycles. The number of benzene rings is 2. The summed E-state index contributed by atoms with van der Waals surface area (Å²) in [5.41, 5.74) is -1.16. The average Bonchev–Trinajstić information content (AvgIpc) is 2.88. The standard InChI is InChI=1S/C27H32F3N3O4Si/c1-26(2,3)38(18-10-6-4-7-11-18,19-12-8-5-9-13-19)37-17-21-25(35)24(34)20(16-36-21)32-23-15-31-14-22(33-23)27(28,29)30/h4-15,20-21,24-25,34-35H,16-17H2,1-3H3,(H,32,33). The number of rotatable bonds is 7. The fraction of sp³-hybridized carbons (Fsp3) is 0.407. The summed E-state index contributed by atoms with van der Waals surface area (Å²) in [6, 6.07) is 19.1. The van der Waals surface area contributed by atoms with Crippen LogP contribution in [-0.2, 0) is 15.3 Å². The van der Waals surface area contributed by atoms with E-state index in [1.807, 2.05) is 60.7 Å². The van der Waals surface area contributed by atoms with Gasteiger partial charge >= 0.3 is 6.18 Å². The maximum atomic E-state index is 13.0. The van der Waals surface area contributed by atoms with Crippen LogP contribution in [0.25, 0.3) is 0 Å². The topological polar surface area (TPSA) is 96.7 Å². The van der Waals surface area contributed by atoms with Crippen LogP contribution in [0.2, 0.25) is 5.04 Å². The molecule has 0 bridgehead atoms. The largest absolute Gasteiger partial charge is 0.434 e. The summed E-state index contributed by atoms with van der Waals surface area (Å²) in [6.07, 6.45) is -6.46. The van der Waals surface area contributed by atoms with Crippen molar-refractivity contribution >= 4 is 24.5 Å². The Hall–Kier alpha value is -2.83. The molecule has 0 amide bonds. The molecule has 11 heteroatoms. The Labute approximate surface area is 220 Å². The molecule has 38 heavy (non-hydrogen) atoms. The Morgan fingerprint density at radius 1 is 0.947 bits per heavy atom. The van der Waals surface area contributed by atoms with Gasteiger partial charge in [-0.2, -0.15) is 13.2 Å². The lowest BCUT2D eigenvalue weighted by Crippen LogP contribution is -2.68. The van der Waals surface area contributed by atoms with Gasteiger partial charge in [0, 0.05) is 0 Å². The number of nitrogens with one attached hydrogen (secondary N) is 1. The molecule has 4 unspecified atom stereocenters. The molecule has 0 saturated carbocycles. The van der Waals surface area contributed by atoms with Gasteiger partial charge in [-0.25, -0.2) is 4.98 Å². The van der Waals surface area contributed by atoms with E-state index in [0.29, 0.717) is 6.20 Å². The minimum absolute atomic E-state index is 0.0155. The highest BCUT2D eigenvalue weighted by atomic mass is 28.4. The first-order valence-corrected chi connectivity index (χ1v) is 14.2. The molecule has 1 aromatic heterocycles. The Morgan fingerprint density at radius 3 is 2.05 bits per heavy atom. The van der Waals surface area contributed by atoms with Crippen molar-refractivity contribution in [2.24, 2.45) is 0 Å². The molecule has 2 heterocycles. The van der Waals surface area contributed by atoms with E-state index in [0.717, 1.165) is 16.6 Å². The second kappa shape index (κ2) is 11.1. The molecule has 2 aromatic carbocycles. The number of aromatic nitrogens is 2. The van der Waals surface area contributed by atoms with Gasteiger partial charge in [-0.1, -0.05) is 81.4 Å². The van der Waals surface area contributed by atoms with E-state index >= 15 is 0 Å². The fourth-order valence-electron chi connectivity index (χ4n) is 4.89. The molecule has 3 N–H and O–H groups in total. The molecule has 1 aliphatic rings. The zero-order valence-electron chi connectivity index (χ0n) is 21.4. The van der Waals surface area contributed by atoms with E-state index in [-0.39, 0.29) is 24.1 Å². The van der Waals surface area contributed by atoms with E-state index in [2.05, 4.69) is 36.1 Å². The highest BCUT2D eigenvalue weighted by molar-refractivity contribution is 6.99. The Kier molecular flexibility index (Phi) is 8.24. The lowest BCUT2D eigenvalue weighted by Gasteiger charge is -2.45. The number of hydrogen-bond donors (Lipinski definition) is 3. The normalized spacial score (nSPS) is 22.7. The van der Waals surface area contributed by atoms with Crippen molar-refractivity contribution in [2.75, 3.05) is 18.5 Å². The Morgan fingerprint density at radius 2 is 1.53 bits per heavy atom. The van der Waals surface area contributed by atoms with E-state index in [1.54, 1.807) is 0 Å². The third kappa shape index (κ3) is 5.76. The quantitative estimate of drug-likeness (QED) is 0.392. The van der Waals surface area contributed by atoms with Crippen molar-refractivity contribution < 1.29 is 32.5 Å². The number of halogens is 3. The lowest BCUT2D eigenvalue weighted by molar-refractivity contribution is -0.151. The van der Waals surface area contributed by atoms with Crippen molar-refractivity contribution in [3.63, 3.8) is 0 Å². The number of ether oxygens (including phenoxy) is 1. The first-order chi connectivity index (χ1) is 17.9. The van der Waals surface area contributed by atoms with Crippen molar-refractivity contribution in [2.45, 2.75) is 56.3 Å². The summed E-state index contributed by atoms with van der Waals surface area (Å²) in [5.74, 6) is -0.179. The minimum atomic E-state index is -4.66. The Balaban J connectivity index is 1.53. The fourth-order valence-corrected chi connectivity index (χ4v) is 9.46. The smallest absolute Gasteiger partial charge is 0.405 e. The summed E-state index contributed by atoms with van der Waals surface area (Å²) in [7, 11) is -2.90. The number of anilines is 1. The van der Waals surface area contributed by atoms with Gasteiger partial charge in [-0.3, -0.25) is 4.98 Å². The van der Waals surface area contributed by atoms with Crippen LogP contribution >= 0.6 is 0 Å². The van der Waals surface area contributed by atoms with E-state index in [1.165, 1.54) is 0 Å². The molecule has 1 fully saturated rings. The highest BCUT2D eigenvalue weighted by Crippen LogP contribution is 2.37. The summed E-state index contributed by atoms with van der Waals surface area (Å²) in [6.45, 7) is 6.32. The van der Waals surface area contributed by atoms with Crippen LogP contribution in [-0.4, -0.2) is 66.1 Å². The van der Waals surface area contributed by atoms with Gasteiger partial charge in [0.05, 0.1) is 31.6 Å². The third-order valence-corrected chi connectivity index (χ3v) is 11.8. The van der Waals surface area contributed by atoms with Crippen molar-refractivity contribution in [1.82, 2.24) is 9.97 Å². The van der Waals surface area contributed by atoms with Crippen LogP contribution in [0.1, 0.15) is 26.5 Å². The summed E-state index contributed by atoms with van der Waals surface area (Å²) in [4.78, 5) is 7.08. The molecule has 4 rings (SSSR count). The molecule has 4 atom stereocenters. The summed E-state index contributed by atoms with van der Waals surface area (Å²) in [5, 5.41) is 26.3. The zero-order valence-corrected chi connectivity index (χ0v) is 22.4. The van der Waals surface area contributed by atoms with E-state index in [9.17, 15) is 23.4 Å². The highest BCUT2D eigenvalue weighted by Gasteiger charge is 2.51. The average molecular weight is 548 g/mol. The molecular formula is C27H32F3N3O4Si. The molecule has 0 aliphatic carbocycles. The predicted molar refractivity (Wildman–Crippen MR) is 140 cm³/mol. The molecule has 0 radical (unpaired) electrons. The third-order valence-electron chi connectivity index (χ3n) is 6.77. The van der Waals surface area contributed by atoms with Crippen LogP contribution in [0.15, 0.2) is 73.1 Å². The molecular weight excluding hydrogens is 515 g/mol. The number of alkyl halides is 3. The number of aliphatic hydroxyl groups is 2. The van der Waals surface area contributed by atoms with Crippen molar-refractivity contribution in [3.05, 3.63) is 78.8 Å². The van der Waals surface area contributed by atoms with E-state index < -0.39 is 44.5 Å². The maximum absolute atomic E-state index is 13.0. The molecule has 1 aliphatic heterocycles. The van der Waals surface area contributed by atoms with Gasteiger partial charge in [0.2, 0.25) is 0 Å². The van der Waals surface area contributed by atoms with Gasteiger partial charge in [0.15, 0.2) is 5.69 Å². The number of aliphatic hydroxyl groups excluding tert-OH is 2. The summed E-state index contributed by atoms with van der Waals surface area (Å²) >= 11 is 0. The van der Waals surface area contributed by atoms with Crippen LogP contribution in [0.4, 0.5) is 19.0 Å². The van der Waals surface area contributed by atoms with Crippen molar-refractivity contribution in [3.8, 4) is 0 Å². The first kappa shape index (κ1) is 28.2. The first-order valence-electron chi connectivity index (χ1n) is 12.3. The maximum Gasteiger partial charge on any atom is 0.434 e. The second-order valence-corrected chi connectivity index (χ2v) is 14.7. The summed E-state index contributed by atoms with van der Waals surface area (Å²) < 4.78 is 51.7. The second-order valence-electron chi connectivity index (χ2n) is 10.4. The van der Waals surface area contributed by atoms with Gasteiger partial charge in [-0.05, 0) is 15.4 Å². The monoisotopic (exact) mass is 547 g/mol. The SMILES string of the molecule is CC(C)(C)[Si](OCC1OCC(Nc2cncc(C(F)(F)F)n2)C(O)C1O)(c1ccccc1)c1ccccc1. The van der Waals surface area contributed by atoms with E-state index in [4.69, 9.17) is 9.16 Å². The van der Waals surface area contributed by atoms with Gasteiger partial charge in [0.1, 0.15) is 24.1 Å². The predicted octanol–water partition coefficient (Wildman–Crippen LogP) is 2.97. The molecule has 3 aromatic rings. The zero-order chi connectivity index (χ0) is 27.6. The van der Waals surface area contributed by atoms with Gasteiger partial charge in [0.25, 0.3) is 8.32 Å². The van der Waals surface area contributed by atoms with Crippen molar-refractivity contribution in [1.29, 1.82) is 0 Å². The molecule has 0 spiro atoms. The van der Waals surface area contributed by atoms with Crippen LogP contribution < -0.4 is 15.7 Å². The van der Waals surface area contributed by atoms with Gasteiger partial charge < -0.3 is 24.7 Å². The Bertz CT molecular complexity index is 1160. The number of nitrogens with zero attached hydrogens (tertiary/aromatic N) is 2. The van der Waals surface area contributed by atoms with Crippen LogP contribution in [0.5, 0.6) is 0 Å². The molecule has 204 valence electrons.